The number of carbonyl (C=O) groups excluding carboxylic acids is 1. The van der Waals surface area contributed by atoms with Crippen molar-refractivity contribution in [3.05, 3.63) is 42.2 Å². The number of carbonyl (C=O) groups is 1. The lowest BCUT2D eigenvalue weighted by atomic mass is 10.1. The lowest BCUT2D eigenvalue weighted by Gasteiger charge is -2.29. The summed E-state index contributed by atoms with van der Waals surface area (Å²) >= 11 is 0. The first-order chi connectivity index (χ1) is 11.0. The van der Waals surface area contributed by atoms with Crippen LogP contribution in [0.25, 0.3) is 0 Å². The maximum absolute atomic E-state index is 12.6. The summed E-state index contributed by atoms with van der Waals surface area (Å²) in [6.45, 7) is 7.79. The van der Waals surface area contributed by atoms with Crippen molar-refractivity contribution in [2.24, 2.45) is 0 Å². The zero-order valence-corrected chi connectivity index (χ0v) is 13.7. The smallest absolute Gasteiger partial charge is 0.322 e. The molecule has 1 N–H and O–H groups in total. The van der Waals surface area contributed by atoms with Gasteiger partial charge in [0.05, 0.1) is 25.0 Å². The van der Waals surface area contributed by atoms with Gasteiger partial charge in [-0.15, -0.1) is 0 Å². The molecule has 23 heavy (non-hydrogen) atoms. The lowest BCUT2D eigenvalue weighted by molar-refractivity contribution is 0.0835. The van der Waals surface area contributed by atoms with Crippen molar-refractivity contribution in [3.8, 4) is 5.75 Å². The van der Waals surface area contributed by atoms with E-state index in [1.54, 1.807) is 15.8 Å². The first-order valence-electron chi connectivity index (χ1n) is 7.82. The molecule has 1 aliphatic rings. The molecule has 1 aliphatic heterocycles. The van der Waals surface area contributed by atoms with E-state index in [0.29, 0.717) is 18.8 Å². The second-order valence-electron chi connectivity index (χ2n) is 6.34. The highest BCUT2D eigenvalue weighted by molar-refractivity contribution is 5.89. The van der Waals surface area contributed by atoms with Gasteiger partial charge >= 0.3 is 6.03 Å². The second-order valence-corrected chi connectivity index (χ2v) is 6.34. The van der Waals surface area contributed by atoms with Crippen LogP contribution in [-0.4, -0.2) is 32.9 Å². The highest BCUT2D eigenvalue weighted by Crippen LogP contribution is 2.29. The van der Waals surface area contributed by atoms with Crippen molar-refractivity contribution in [3.63, 3.8) is 0 Å². The van der Waals surface area contributed by atoms with Crippen molar-refractivity contribution in [2.45, 2.75) is 39.5 Å². The average Bonchev–Trinajstić information content (AvgIpc) is 2.89. The number of hydrogen-bond donors (Lipinski definition) is 1. The minimum Gasteiger partial charge on any atom is -0.486 e. The van der Waals surface area contributed by atoms with Gasteiger partial charge in [-0.3, -0.25) is 4.68 Å². The van der Waals surface area contributed by atoms with Crippen LogP contribution >= 0.6 is 0 Å². The van der Waals surface area contributed by atoms with Gasteiger partial charge in [0, 0.05) is 18.3 Å². The minimum absolute atomic E-state index is 0.144. The van der Waals surface area contributed by atoms with E-state index in [1.165, 1.54) is 0 Å². The number of nitrogens with zero attached hydrogens (tertiary/aromatic N) is 3. The molecule has 2 heterocycles. The van der Waals surface area contributed by atoms with E-state index in [-0.39, 0.29) is 6.03 Å². The van der Waals surface area contributed by atoms with E-state index < -0.39 is 5.60 Å². The lowest BCUT2D eigenvalue weighted by Crippen LogP contribution is -2.44. The Morgan fingerprint density at radius 2 is 2.17 bits per heavy atom. The molecule has 6 nitrogen and oxygen atoms in total. The van der Waals surface area contributed by atoms with Crippen LogP contribution in [-0.2, 0) is 13.1 Å². The van der Waals surface area contributed by atoms with Crippen LogP contribution in [0.1, 0.15) is 26.3 Å². The van der Waals surface area contributed by atoms with Gasteiger partial charge in [0.1, 0.15) is 11.4 Å². The molecule has 0 saturated carbocycles. The molecule has 0 unspecified atom stereocenters. The third-order valence-electron chi connectivity index (χ3n) is 3.79. The zero-order valence-electron chi connectivity index (χ0n) is 13.7. The van der Waals surface area contributed by atoms with Gasteiger partial charge in [0.15, 0.2) is 0 Å². The summed E-state index contributed by atoms with van der Waals surface area (Å²) in [6, 6.07) is 7.70. The molecule has 0 saturated heterocycles. The predicted octanol–water partition coefficient (Wildman–Crippen LogP) is 3.11. The third-order valence-corrected chi connectivity index (χ3v) is 3.79. The molecule has 2 aromatic rings. The fraction of sp³-hybridized carbons (Fsp3) is 0.412. The minimum atomic E-state index is -0.447. The predicted molar refractivity (Wildman–Crippen MR) is 88.5 cm³/mol. The Kier molecular flexibility index (Phi) is 3.98. The molecular formula is C17H22N4O2. The molecule has 0 aliphatic carbocycles. The summed E-state index contributed by atoms with van der Waals surface area (Å²) in [5, 5.41) is 7.09. The monoisotopic (exact) mass is 314 g/mol. The number of hydrogen-bond acceptors (Lipinski definition) is 3. The number of nitrogens with one attached hydrogen (secondary N) is 1. The van der Waals surface area contributed by atoms with E-state index >= 15 is 0 Å². The van der Waals surface area contributed by atoms with Gasteiger partial charge < -0.3 is 15.0 Å². The van der Waals surface area contributed by atoms with Crippen LogP contribution < -0.4 is 10.1 Å². The number of ether oxygens (including phenoxy) is 1. The van der Waals surface area contributed by atoms with Crippen LogP contribution in [0.2, 0.25) is 0 Å². The summed E-state index contributed by atoms with van der Waals surface area (Å²) in [7, 11) is 0. The molecule has 1 aromatic carbocycles. The normalized spacial score (nSPS) is 16.2. The molecule has 0 fully saturated rings. The topological polar surface area (TPSA) is 59.4 Å². The molecule has 0 bridgehead atoms. The van der Waals surface area contributed by atoms with E-state index in [1.807, 2.05) is 51.2 Å². The van der Waals surface area contributed by atoms with E-state index in [2.05, 4.69) is 10.4 Å². The quantitative estimate of drug-likeness (QED) is 0.926. The van der Waals surface area contributed by atoms with E-state index in [0.717, 1.165) is 17.9 Å². The van der Waals surface area contributed by atoms with Gasteiger partial charge in [-0.1, -0.05) is 18.2 Å². The highest BCUT2D eigenvalue weighted by atomic mass is 16.5. The first kappa shape index (κ1) is 15.4. The summed E-state index contributed by atoms with van der Waals surface area (Å²) < 4.78 is 7.84. The van der Waals surface area contributed by atoms with Crippen molar-refractivity contribution in [1.82, 2.24) is 14.7 Å². The fourth-order valence-electron chi connectivity index (χ4n) is 2.73. The maximum atomic E-state index is 12.6. The van der Waals surface area contributed by atoms with Crippen LogP contribution in [0.5, 0.6) is 5.75 Å². The SMILES string of the molecule is CCn1cc(NC(=O)N2Cc3ccccc3OC(C)(C)C2)cn1. The number of urea groups is 1. The largest absolute Gasteiger partial charge is 0.486 e. The summed E-state index contributed by atoms with van der Waals surface area (Å²) in [5.41, 5.74) is 1.27. The van der Waals surface area contributed by atoms with Crippen molar-refractivity contribution in [1.29, 1.82) is 0 Å². The summed E-state index contributed by atoms with van der Waals surface area (Å²) in [6.07, 6.45) is 3.49. The van der Waals surface area contributed by atoms with E-state index in [9.17, 15) is 4.79 Å². The van der Waals surface area contributed by atoms with Gasteiger partial charge in [-0.05, 0) is 26.8 Å². The van der Waals surface area contributed by atoms with Gasteiger partial charge in [-0.25, -0.2) is 4.79 Å². The average molecular weight is 314 g/mol. The molecule has 2 amide bonds. The van der Waals surface area contributed by atoms with Crippen molar-refractivity contribution in [2.75, 3.05) is 11.9 Å². The van der Waals surface area contributed by atoms with Crippen LogP contribution in [0, 0.1) is 0 Å². The van der Waals surface area contributed by atoms with Gasteiger partial charge in [0.2, 0.25) is 0 Å². The Morgan fingerprint density at radius 1 is 1.39 bits per heavy atom. The van der Waals surface area contributed by atoms with E-state index in [4.69, 9.17) is 4.74 Å². The Hall–Kier alpha value is -2.50. The molecule has 3 rings (SSSR count). The molecule has 0 radical (unpaired) electrons. The molecule has 122 valence electrons. The van der Waals surface area contributed by atoms with Crippen LogP contribution in [0.3, 0.4) is 0 Å². The second kappa shape index (κ2) is 5.95. The highest BCUT2D eigenvalue weighted by Gasteiger charge is 2.31. The molecule has 6 heteroatoms. The standard InChI is InChI=1S/C17H22N4O2/c1-4-21-11-14(9-18-21)19-16(22)20-10-13-7-5-6-8-15(13)23-17(2,3)12-20/h5-9,11H,4,10,12H2,1-3H3,(H,19,22). The Morgan fingerprint density at radius 3 is 2.91 bits per heavy atom. The molecule has 0 atom stereocenters. The van der Waals surface area contributed by atoms with Crippen LogP contribution in [0.4, 0.5) is 10.5 Å². The number of benzene rings is 1. The Labute approximate surface area is 136 Å². The first-order valence-corrected chi connectivity index (χ1v) is 7.82. The number of rotatable bonds is 2. The number of aromatic nitrogens is 2. The number of anilines is 1. The third kappa shape index (κ3) is 3.47. The summed E-state index contributed by atoms with van der Waals surface area (Å²) in [4.78, 5) is 14.4. The number of fused-ring (bicyclic) bond motifs is 1. The zero-order chi connectivity index (χ0) is 16.4. The number of para-hydroxylation sites is 1. The molecule has 1 aromatic heterocycles. The van der Waals surface area contributed by atoms with Gasteiger partial charge in [0.25, 0.3) is 0 Å². The Balaban J connectivity index is 1.79. The number of amides is 2. The van der Waals surface area contributed by atoms with Crippen molar-refractivity contribution >= 4 is 11.7 Å². The van der Waals surface area contributed by atoms with Crippen LogP contribution in [0.15, 0.2) is 36.7 Å². The van der Waals surface area contributed by atoms with Crippen molar-refractivity contribution < 1.29 is 9.53 Å². The van der Waals surface area contributed by atoms with Gasteiger partial charge in [-0.2, -0.15) is 5.10 Å². The maximum Gasteiger partial charge on any atom is 0.322 e. The summed E-state index contributed by atoms with van der Waals surface area (Å²) in [5.74, 6) is 0.839. The Bertz CT molecular complexity index is 708. The molecular weight excluding hydrogens is 292 g/mol. The number of aryl methyl sites for hydroxylation is 1. The fourth-order valence-corrected chi connectivity index (χ4v) is 2.73. The molecule has 0 spiro atoms.